The standard InChI is InChI=1S/C15H20N2S/c1-11-5-7-12(8-6-11)14-17-13(9-18-14)15(2,3)10-16-4/h5-9,16H,10H2,1-4H3. The summed E-state index contributed by atoms with van der Waals surface area (Å²) in [5.41, 5.74) is 3.73. The molecule has 1 aromatic heterocycles. The zero-order valence-electron chi connectivity index (χ0n) is 11.4. The fourth-order valence-corrected chi connectivity index (χ4v) is 2.96. The average Bonchev–Trinajstić information content (AvgIpc) is 2.80. The van der Waals surface area contributed by atoms with E-state index < -0.39 is 0 Å². The van der Waals surface area contributed by atoms with Crippen molar-refractivity contribution < 1.29 is 0 Å². The maximum absolute atomic E-state index is 4.78. The number of hydrogen-bond acceptors (Lipinski definition) is 3. The van der Waals surface area contributed by atoms with E-state index in [-0.39, 0.29) is 5.41 Å². The summed E-state index contributed by atoms with van der Waals surface area (Å²) >= 11 is 1.72. The number of benzene rings is 1. The summed E-state index contributed by atoms with van der Waals surface area (Å²) in [4.78, 5) is 4.78. The Hall–Kier alpha value is -1.19. The van der Waals surface area contributed by atoms with E-state index in [2.05, 4.69) is 55.7 Å². The molecule has 0 fully saturated rings. The van der Waals surface area contributed by atoms with Gasteiger partial charge in [0.15, 0.2) is 0 Å². The van der Waals surface area contributed by atoms with Gasteiger partial charge in [-0.05, 0) is 14.0 Å². The Kier molecular flexibility index (Phi) is 3.83. The maximum Gasteiger partial charge on any atom is 0.123 e. The van der Waals surface area contributed by atoms with Crippen LogP contribution in [0.25, 0.3) is 10.6 Å². The van der Waals surface area contributed by atoms with Crippen molar-refractivity contribution in [1.82, 2.24) is 10.3 Å². The predicted octanol–water partition coefficient (Wildman–Crippen LogP) is 3.62. The van der Waals surface area contributed by atoms with Gasteiger partial charge in [0, 0.05) is 22.9 Å². The van der Waals surface area contributed by atoms with Crippen LogP contribution in [0.1, 0.15) is 25.1 Å². The van der Waals surface area contributed by atoms with Gasteiger partial charge in [0.25, 0.3) is 0 Å². The zero-order chi connectivity index (χ0) is 13.2. The Bertz CT molecular complexity index is 512. The van der Waals surface area contributed by atoms with Gasteiger partial charge in [0.1, 0.15) is 5.01 Å². The monoisotopic (exact) mass is 260 g/mol. The van der Waals surface area contributed by atoms with Crippen molar-refractivity contribution >= 4 is 11.3 Å². The van der Waals surface area contributed by atoms with Crippen LogP contribution < -0.4 is 5.32 Å². The lowest BCUT2D eigenvalue weighted by Crippen LogP contribution is -2.30. The van der Waals surface area contributed by atoms with E-state index in [1.165, 1.54) is 11.1 Å². The summed E-state index contributed by atoms with van der Waals surface area (Å²) in [6, 6.07) is 8.55. The molecule has 0 aliphatic rings. The van der Waals surface area contributed by atoms with Crippen LogP contribution in [-0.4, -0.2) is 18.6 Å². The highest BCUT2D eigenvalue weighted by atomic mass is 32.1. The first-order valence-electron chi connectivity index (χ1n) is 6.20. The second-order valence-corrected chi connectivity index (χ2v) is 6.18. The molecule has 96 valence electrons. The molecule has 1 N–H and O–H groups in total. The highest BCUT2D eigenvalue weighted by Crippen LogP contribution is 2.29. The summed E-state index contributed by atoms with van der Waals surface area (Å²) in [6.45, 7) is 7.48. The Morgan fingerprint density at radius 3 is 2.50 bits per heavy atom. The summed E-state index contributed by atoms with van der Waals surface area (Å²) < 4.78 is 0. The van der Waals surface area contributed by atoms with E-state index in [9.17, 15) is 0 Å². The molecule has 2 aromatic rings. The van der Waals surface area contributed by atoms with Gasteiger partial charge in [-0.3, -0.25) is 0 Å². The van der Waals surface area contributed by atoms with Crippen LogP contribution in [0, 0.1) is 6.92 Å². The van der Waals surface area contributed by atoms with Crippen molar-refractivity contribution in [2.24, 2.45) is 0 Å². The van der Waals surface area contributed by atoms with Gasteiger partial charge in [-0.25, -0.2) is 4.98 Å². The van der Waals surface area contributed by atoms with Crippen molar-refractivity contribution in [3.63, 3.8) is 0 Å². The maximum atomic E-state index is 4.78. The molecule has 18 heavy (non-hydrogen) atoms. The molecule has 0 saturated heterocycles. The molecule has 0 atom stereocenters. The van der Waals surface area contributed by atoms with Gasteiger partial charge in [0.05, 0.1) is 5.69 Å². The van der Waals surface area contributed by atoms with E-state index in [0.717, 1.165) is 17.2 Å². The molecule has 0 spiro atoms. The Balaban J connectivity index is 2.28. The van der Waals surface area contributed by atoms with Crippen LogP contribution in [0.4, 0.5) is 0 Å². The van der Waals surface area contributed by atoms with E-state index >= 15 is 0 Å². The number of rotatable bonds is 4. The van der Waals surface area contributed by atoms with Crippen molar-refractivity contribution in [1.29, 1.82) is 0 Å². The molecule has 2 nitrogen and oxygen atoms in total. The van der Waals surface area contributed by atoms with E-state index in [1.54, 1.807) is 11.3 Å². The molecule has 0 unspecified atom stereocenters. The third-order valence-electron chi connectivity index (χ3n) is 3.11. The van der Waals surface area contributed by atoms with Crippen LogP contribution in [-0.2, 0) is 5.41 Å². The molecule has 3 heteroatoms. The SMILES string of the molecule is CNCC(C)(C)c1csc(-c2ccc(C)cc2)n1. The smallest absolute Gasteiger partial charge is 0.123 e. The third kappa shape index (κ3) is 2.79. The van der Waals surface area contributed by atoms with Gasteiger partial charge in [-0.1, -0.05) is 43.7 Å². The second-order valence-electron chi connectivity index (χ2n) is 5.32. The highest BCUT2D eigenvalue weighted by Gasteiger charge is 2.23. The molecule has 0 bridgehead atoms. The lowest BCUT2D eigenvalue weighted by atomic mass is 9.90. The zero-order valence-corrected chi connectivity index (χ0v) is 12.3. The fourth-order valence-electron chi connectivity index (χ4n) is 1.95. The van der Waals surface area contributed by atoms with E-state index in [0.29, 0.717) is 0 Å². The van der Waals surface area contributed by atoms with Crippen molar-refractivity contribution in [2.75, 3.05) is 13.6 Å². The molecule has 1 aromatic carbocycles. The number of likely N-dealkylation sites (N-methyl/N-ethyl adjacent to an activating group) is 1. The molecular weight excluding hydrogens is 240 g/mol. The van der Waals surface area contributed by atoms with Crippen molar-refractivity contribution in [2.45, 2.75) is 26.2 Å². The van der Waals surface area contributed by atoms with Gasteiger partial charge < -0.3 is 5.32 Å². The largest absolute Gasteiger partial charge is 0.319 e. The van der Waals surface area contributed by atoms with Gasteiger partial charge in [-0.15, -0.1) is 11.3 Å². The molecule has 2 rings (SSSR count). The quantitative estimate of drug-likeness (QED) is 0.908. The minimum Gasteiger partial charge on any atom is -0.319 e. The Labute approximate surface area is 113 Å². The Morgan fingerprint density at radius 1 is 1.22 bits per heavy atom. The predicted molar refractivity (Wildman–Crippen MR) is 79.2 cm³/mol. The van der Waals surface area contributed by atoms with Crippen LogP contribution >= 0.6 is 11.3 Å². The van der Waals surface area contributed by atoms with Crippen LogP contribution in [0.15, 0.2) is 29.6 Å². The number of hydrogen-bond donors (Lipinski definition) is 1. The minimum atomic E-state index is 0.0776. The topological polar surface area (TPSA) is 24.9 Å². The molecule has 0 radical (unpaired) electrons. The number of nitrogens with one attached hydrogen (secondary N) is 1. The Morgan fingerprint density at radius 2 is 1.89 bits per heavy atom. The highest BCUT2D eigenvalue weighted by molar-refractivity contribution is 7.13. The minimum absolute atomic E-state index is 0.0776. The summed E-state index contributed by atoms with van der Waals surface area (Å²) in [5.74, 6) is 0. The van der Waals surface area contributed by atoms with E-state index in [4.69, 9.17) is 4.98 Å². The third-order valence-corrected chi connectivity index (χ3v) is 4.01. The average molecular weight is 260 g/mol. The second kappa shape index (κ2) is 5.21. The summed E-state index contributed by atoms with van der Waals surface area (Å²) in [6.07, 6.45) is 0. The number of aryl methyl sites for hydroxylation is 1. The molecule has 0 aliphatic carbocycles. The van der Waals surface area contributed by atoms with Crippen molar-refractivity contribution in [3.05, 3.63) is 40.9 Å². The van der Waals surface area contributed by atoms with Gasteiger partial charge >= 0.3 is 0 Å². The first kappa shape index (κ1) is 13.2. The molecule has 0 saturated carbocycles. The molecule has 1 heterocycles. The van der Waals surface area contributed by atoms with E-state index in [1.807, 2.05) is 7.05 Å². The van der Waals surface area contributed by atoms with Gasteiger partial charge in [0.2, 0.25) is 0 Å². The summed E-state index contributed by atoms with van der Waals surface area (Å²) in [5, 5.41) is 6.51. The van der Waals surface area contributed by atoms with Crippen LogP contribution in [0.3, 0.4) is 0 Å². The normalized spacial score (nSPS) is 11.8. The van der Waals surface area contributed by atoms with Crippen molar-refractivity contribution in [3.8, 4) is 10.6 Å². The molecular formula is C15H20N2S. The molecule has 0 aliphatic heterocycles. The molecule has 0 amide bonds. The lowest BCUT2D eigenvalue weighted by Gasteiger charge is -2.21. The number of aromatic nitrogens is 1. The number of thiazole rings is 1. The lowest BCUT2D eigenvalue weighted by molar-refractivity contribution is 0.483. The first-order chi connectivity index (χ1) is 8.53. The number of nitrogens with zero attached hydrogens (tertiary/aromatic N) is 1. The fraction of sp³-hybridized carbons (Fsp3) is 0.400. The van der Waals surface area contributed by atoms with Crippen LogP contribution in [0.5, 0.6) is 0 Å². The summed E-state index contributed by atoms with van der Waals surface area (Å²) in [7, 11) is 1.98. The first-order valence-corrected chi connectivity index (χ1v) is 7.08. The van der Waals surface area contributed by atoms with Gasteiger partial charge in [-0.2, -0.15) is 0 Å². The van der Waals surface area contributed by atoms with Crippen LogP contribution in [0.2, 0.25) is 0 Å².